The van der Waals surface area contributed by atoms with E-state index in [1.54, 1.807) is 0 Å². The van der Waals surface area contributed by atoms with Crippen molar-refractivity contribution in [3.8, 4) is 0 Å². The third kappa shape index (κ3) is 5.33. The molecule has 0 aliphatic carbocycles. The highest BCUT2D eigenvalue weighted by molar-refractivity contribution is 6.74. The highest BCUT2D eigenvalue weighted by atomic mass is 28.4. The number of hydrogen-bond acceptors (Lipinski definition) is 3. The Morgan fingerprint density at radius 3 is 2.36 bits per heavy atom. The lowest BCUT2D eigenvalue weighted by atomic mass is 10.2. The van der Waals surface area contributed by atoms with Gasteiger partial charge in [0.25, 0.3) is 0 Å². The van der Waals surface area contributed by atoms with Crippen LogP contribution in [-0.4, -0.2) is 26.4 Å². The van der Waals surface area contributed by atoms with Gasteiger partial charge in [-0.1, -0.05) is 57.2 Å². The molecule has 0 amide bonds. The Morgan fingerprint density at radius 1 is 1.04 bits per heavy atom. The molecule has 1 fully saturated rings. The number of anilines is 1. The molecule has 28 heavy (non-hydrogen) atoms. The highest BCUT2D eigenvalue weighted by Crippen LogP contribution is 2.37. The number of rotatable bonds is 6. The maximum atomic E-state index is 6.45. The summed E-state index contributed by atoms with van der Waals surface area (Å²) >= 11 is 0. The molecule has 3 nitrogen and oxygen atoms in total. The van der Waals surface area contributed by atoms with Crippen LogP contribution in [-0.2, 0) is 11.0 Å². The van der Waals surface area contributed by atoms with E-state index in [1.807, 2.05) is 6.07 Å². The average molecular weight is 395 g/mol. The first-order chi connectivity index (χ1) is 13.2. The molecule has 1 saturated heterocycles. The van der Waals surface area contributed by atoms with Crippen LogP contribution in [0.2, 0.25) is 18.1 Å². The fraction of sp³-hybridized carbons (Fsp3) is 0.458. The number of benzene rings is 1. The van der Waals surface area contributed by atoms with Crippen molar-refractivity contribution in [3.63, 3.8) is 0 Å². The van der Waals surface area contributed by atoms with Crippen molar-refractivity contribution >= 4 is 26.2 Å². The summed E-state index contributed by atoms with van der Waals surface area (Å²) < 4.78 is 6.45. The van der Waals surface area contributed by atoms with Gasteiger partial charge in [0.2, 0.25) is 0 Å². The van der Waals surface area contributed by atoms with Crippen molar-refractivity contribution in [2.75, 3.05) is 18.0 Å². The van der Waals surface area contributed by atoms with Gasteiger partial charge in [-0.2, -0.15) is 0 Å². The topological polar surface area (TPSA) is 25.4 Å². The van der Waals surface area contributed by atoms with E-state index in [0.29, 0.717) is 6.61 Å². The van der Waals surface area contributed by atoms with E-state index in [9.17, 15) is 0 Å². The molecule has 4 heteroatoms. The Bertz CT molecular complexity index is 803. The molecule has 1 aromatic heterocycles. The molecule has 0 unspecified atom stereocenters. The van der Waals surface area contributed by atoms with Crippen LogP contribution >= 0.6 is 0 Å². The van der Waals surface area contributed by atoms with E-state index in [1.165, 1.54) is 24.1 Å². The van der Waals surface area contributed by atoms with Crippen molar-refractivity contribution in [1.82, 2.24) is 4.98 Å². The molecule has 150 valence electrons. The smallest absolute Gasteiger partial charge is 0.192 e. The molecule has 0 spiro atoms. The minimum atomic E-state index is -1.80. The SMILES string of the molecule is CC(C)(C)[Si](C)(C)OCc1cc(N2CCCC2)cc(C=Cc2ccccc2)n1. The first kappa shape index (κ1) is 20.8. The second kappa shape index (κ2) is 8.62. The zero-order chi connectivity index (χ0) is 20.2. The van der Waals surface area contributed by atoms with Gasteiger partial charge in [-0.3, -0.25) is 4.98 Å². The minimum Gasteiger partial charge on any atom is -0.411 e. The first-order valence-electron chi connectivity index (χ1n) is 10.4. The van der Waals surface area contributed by atoms with Crippen LogP contribution in [0.15, 0.2) is 42.5 Å². The third-order valence-electron chi connectivity index (χ3n) is 5.99. The molecular weight excluding hydrogens is 360 g/mol. The fourth-order valence-electron chi connectivity index (χ4n) is 3.13. The summed E-state index contributed by atoms with van der Waals surface area (Å²) in [7, 11) is -1.80. The van der Waals surface area contributed by atoms with Gasteiger partial charge >= 0.3 is 0 Å². The second-order valence-electron chi connectivity index (χ2n) is 9.23. The van der Waals surface area contributed by atoms with Crippen LogP contribution < -0.4 is 4.90 Å². The van der Waals surface area contributed by atoms with Gasteiger partial charge in [0.1, 0.15) is 0 Å². The summed E-state index contributed by atoms with van der Waals surface area (Å²) in [5.74, 6) is 0. The summed E-state index contributed by atoms with van der Waals surface area (Å²) in [6.45, 7) is 14.3. The van der Waals surface area contributed by atoms with Crippen molar-refractivity contribution in [1.29, 1.82) is 0 Å². The summed E-state index contributed by atoms with van der Waals surface area (Å²) in [5, 5.41) is 0.204. The van der Waals surface area contributed by atoms with Crippen molar-refractivity contribution in [3.05, 3.63) is 59.4 Å². The van der Waals surface area contributed by atoms with Gasteiger partial charge in [-0.15, -0.1) is 0 Å². The summed E-state index contributed by atoms with van der Waals surface area (Å²) in [6, 6.07) is 14.8. The minimum absolute atomic E-state index is 0.204. The third-order valence-corrected chi connectivity index (χ3v) is 10.5. The average Bonchev–Trinajstić information content (AvgIpc) is 3.19. The molecule has 2 aromatic rings. The molecule has 0 bridgehead atoms. The highest BCUT2D eigenvalue weighted by Gasteiger charge is 2.37. The number of hydrogen-bond donors (Lipinski definition) is 0. The molecule has 0 atom stereocenters. The molecule has 0 radical (unpaired) electrons. The summed E-state index contributed by atoms with van der Waals surface area (Å²) in [5.41, 5.74) is 4.49. The van der Waals surface area contributed by atoms with Gasteiger partial charge < -0.3 is 9.33 Å². The van der Waals surface area contributed by atoms with Crippen molar-refractivity contribution in [2.45, 2.75) is 58.4 Å². The Labute approximate surface area is 171 Å². The van der Waals surface area contributed by atoms with Crippen LogP contribution in [0, 0.1) is 0 Å². The molecular formula is C24H34N2OSi. The van der Waals surface area contributed by atoms with E-state index in [4.69, 9.17) is 9.41 Å². The summed E-state index contributed by atoms with van der Waals surface area (Å²) in [6.07, 6.45) is 6.79. The van der Waals surface area contributed by atoms with Crippen LogP contribution in [0.25, 0.3) is 12.2 Å². The molecule has 0 saturated carbocycles. The van der Waals surface area contributed by atoms with Gasteiger partial charge in [-0.25, -0.2) is 0 Å². The number of pyridine rings is 1. The van der Waals surface area contributed by atoms with E-state index < -0.39 is 8.32 Å². The van der Waals surface area contributed by atoms with Crippen molar-refractivity contribution < 1.29 is 4.43 Å². The van der Waals surface area contributed by atoms with Crippen LogP contribution in [0.4, 0.5) is 5.69 Å². The first-order valence-corrected chi connectivity index (χ1v) is 13.3. The van der Waals surface area contributed by atoms with Gasteiger partial charge in [0.15, 0.2) is 8.32 Å². The maximum absolute atomic E-state index is 6.45. The Kier molecular flexibility index (Phi) is 6.41. The lowest BCUT2D eigenvalue weighted by Crippen LogP contribution is -2.40. The lowest BCUT2D eigenvalue weighted by Gasteiger charge is -2.36. The zero-order valence-corrected chi connectivity index (χ0v) is 19.0. The van der Waals surface area contributed by atoms with E-state index in [-0.39, 0.29) is 5.04 Å². The molecule has 1 aromatic carbocycles. The van der Waals surface area contributed by atoms with Crippen LogP contribution in [0.3, 0.4) is 0 Å². The Morgan fingerprint density at radius 2 is 1.71 bits per heavy atom. The Hall–Kier alpha value is -1.91. The predicted octanol–water partition coefficient (Wildman–Crippen LogP) is 6.37. The molecule has 1 aliphatic heterocycles. The number of nitrogens with zero attached hydrogens (tertiary/aromatic N) is 2. The molecule has 1 aliphatic rings. The zero-order valence-electron chi connectivity index (χ0n) is 18.0. The van der Waals surface area contributed by atoms with E-state index in [0.717, 1.165) is 24.5 Å². The van der Waals surface area contributed by atoms with Crippen molar-refractivity contribution in [2.24, 2.45) is 0 Å². The van der Waals surface area contributed by atoms with Crippen LogP contribution in [0.1, 0.15) is 50.6 Å². The predicted molar refractivity (Wildman–Crippen MR) is 123 cm³/mol. The molecule has 0 N–H and O–H groups in total. The molecule has 2 heterocycles. The normalized spacial score (nSPS) is 15.5. The maximum Gasteiger partial charge on any atom is 0.192 e. The van der Waals surface area contributed by atoms with E-state index >= 15 is 0 Å². The standard InChI is InChI=1S/C24H34N2OSi/c1-24(2,3)28(4,5)27-19-22-18-23(26-15-9-10-16-26)17-21(25-22)14-13-20-11-7-6-8-12-20/h6-8,11-14,17-18H,9-10,15-16,19H2,1-5H3. The summed E-state index contributed by atoms with van der Waals surface area (Å²) in [4.78, 5) is 7.36. The second-order valence-corrected chi connectivity index (χ2v) is 14.0. The van der Waals surface area contributed by atoms with Gasteiger partial charge in [0, 0.05) is 18.8 Å². The fourth-order valence-corrected chi connectivity index (χ4v) is 4.07. The van der Waals surface area contributed by atoms with E-state index in [2.05, 4.69) is 87.3 Å². The quantitative estimate of drug-likeness (QED) is 0.532. The lowest BCUT2D eigenvalue weighted by molar-refractivity contribution is 0.272. The van der Waals surface area contributed by atoms with Crippen LogP contribution in [0.5, 0.6) is 0 Å². The number of aromatic nitrogens is 1. The van der Waals surface area contributed by atoms with Gasteiger partial charge in [0.05, 0.1) is 18.0 Å². The van der Waals surface area contributed by atoms with Gasteiger partial charge in [-0.05, 0) is 54.7 Å². The largest absolute Gasteiger partial charge is 0.411 e. The monoisotopic (exact) mass is 394 g/mol. The Balaban J connectivity index is 1.84. The molecule has 3 rings (SSSR count).